The van der Waals surface area contributed by atoms with E-state index in [1.807, 2.05) is 13.1 Å². The lowest BCUT2D eigenvalue weighted by Gasteiger charge is -1.98. The van der Waals surface area contributed by atoms with Crippen LogP contribution in [-0.2, 0) is 6.42 Å². The minimum atomic E-state index is 0.410. The van der Waals surface area contributed by atoms with Crippen LogP contribution in [0.1, 0.15) is 12.6 Å². The van der Waals surface area contributed by atoms with Crippen LogP contribution in [0, 0.1) is 0 Å². The fraction of sp³-hybridized carbons (Fsp3) is 0.200. The van der Waals surface area contributed by atoms with E-state index in [1.54, 1.807) is 27.5 Å². The zero-order valence-corrected chi connectivity index (χ0v) is 9.83. The minimum Gasteiger partial charge on any atom is -0.233 e. The van der Waals surface area contributed by atoms with Crippen LogP contribution < -0.4 is 0 Å². The standard InChI is InChI=1S/C10H9ClN6/c1-2-7-6-16(15-13-7)10-5-12-9-4-3-8(11)14-17(9)10/h3-6H,2H2,1H3. The van der Waals surface area contributed by atoms with Gasteiger partial charge in [-0.3, -0.25) is 0 Å². The summed E-state index contributed by atoms with van der Waals surface area (Å²) >= 11 is 5.86. The molecule has 0 bridgehead atoms. The Bertz CT molecular complexity index is 670. The van der Waals surface area contributed by atoms with Gasteiger partial charge >= 0.3 is 0 Å². The maximum atomic E-state index is 5.86. The van der Waals surface area contributed by atoms with E-state index in [1.165, 1.54) is 0 Å². The molecule has 0 aromatic carbocycles. The van der Waals surface area contributed by atoms with E-state index >= 15 is 0 Å². The van der Waals surface area contributed by atoms with E-state index in [9.17, 15) is 0 Å². The number of hydrogen-bond acceptors (Lipinski definition) is 4. The molecule has 0 aliphatic heterocycles. The number of imidazole rings is 1. The van der Waals surface area contributed by atoms with Gasteiger partial charge in [0.1, 0.15) is 5.15 Å². The van der Waals surface area contributed by atoms with Crippen molar-refractivity contribution in [3.63, 3.8) is 0 Å². The second-order valence-electron chi connectivity index (χ2n) is 3.55. The van der Waals surface area contributed by atoms with Crippen molar-refractivity contribution in [3.05, 3.63) is 35.4 Å². The van der Waals surface area contributed by atoms with Crippen molar-refractivity contribution >= 4 is 17.2 Å². The molecule has 3 aromatic rings. The van der Waals surface area contributed by atoms with Gasteiger partial charge in [-0.2, -0.15) is 9.61 Å². The lowest BCUT2D eigenvalue weighted by atomic mass is 10.4. The molecular weight excluding hydrogens is 240 g/mol. The smallest absolute Gasteiger partial charge is 0.177 e. The Labute approximate surface area is 102 Å². The summed E-state index contributed by atoms with van der Waals surface area (Å²) < 4.78 is 3.28. The van der Waals surface area contributed by atoms with Gasteiger partial charge in [-0.05, 0) is 18.6 Å². The van der Waals surface area contributed by atoms with E-state index in [0.717, 1.165) is 23.6 Å². The number of halogens is 1. The quantitative estimate of drug-likeness (QED) is 0.690. The Hall–Kier alpha value is -1.95. The van der Waals surface area contributed by atoms with Crippen molar-refractivity contribution in [2.24, 2.45) is 0 Å². The van der Waals surface area contributed by atoms with Gasteiger partial charge in [0.15, 0.2) is 11.5 Å². The molecule has 3 heterocycles. The van der Waals surface area contributed by atoms with Gasteiger partial charge in [0.25, 0.3) is 0 Å². The van der Waals surface area contributed by atoms with Crippen LogP contribution in [0.2, 0.25) is 5.15 Å². The predicted molar refractivity (Wildman–Crippen MR) is 62.3 cm³/mol. The van der Waals surface area contributed by atoms with E-state index in [-0.39, 0.29) is 0 Å². The van der Waals surface area contributed by atoms with Crippen molar-refractivity contribution in [3.8, 4) is 5.82 Å². The summed E-state index contributed by atoms with van der Waals surface area (Å²) in [6.45, 7) is 2.03. The maximum Gasteiger partial charge on any atom is 0.177 e. The third kappa shape index (κ3) is 1.66. The highest BCUT2D eigenvalue weighted by Gasteiger charge is 2.08. The summed E-state index contributed by atoms with van der Waals surface area (Å²) in [5.41, 5.74) is 1.64. The van der Waals surface area contributed by atoms with Gasteiger partial charge in [-0.15, -0.1) is 5.10 Å². The molecule has 3 rings (SSSR count). The molecule has 6 nitrogen and oxygen atoms in total. The molecule has 0 aliphatic rings. The largest absolute Gasteiger partial charge is 0.233 e. The first-order valence-corrected chi connectivity index (χ1v) is 5.57. The second-order valence-corrected chi connectivity index (χ2v) is 3.94. The van der Waals surface area contributed by atoms with Crippen LogP contribution >= 0.6 is 11.6 Å². The first-order valence-electron chi connectivity index (χ1n) is 5.20. The summed E-state index contributed by atoms with van der Waals surface area (Å²) in [4.78, 5) is 4.22. The second kappa shape index (κ2) is 3.81. The third-order valence-electron chi connectivity index (χ3n) is 2.45. The van der Waals surface area contributed by atoms with Crippen LogP contribution in [0.4, 0.5) is 0 Å². The Kier molecular flexibility index (Phi) is 2.29. The first kappa shape index (κ1) is 10.2. The highest BCUT2D eigenvalue weighted by molar-refractivity contribution is 6.29. The summed E-state index contributed by atoms with van der Waals surface area (Å²) in [5.74, 6) is 0.717. The zero-order valence-electron chi connectivity index (χ0n) is 9.08. The van der Waals surface area contributed by atoms with Crippen LogP contribution in [0.15, 0.2) is 24.5 Å². The van der Waals surface area contributed by atoms with E-state index in [2.05, 4.69) is 20.4 Å². The molecule has 7 heteroatoms. The summed E-state index contributed by atoms with van der Waals surface area (Å²) in [7, 11) is 0. The summed E-state index contributed by atoms with van der Waals surface area (Å²) in [5, 5.41) is 12.7. The lowest BCUT2D eigenvalue weighted by molar-refractivity contribution is 0.745. The Morgan fingerprint density at radius 1 is 1.35 bits per heavy atom. The van der Waals surface area contributed by atoms with Crippen molar-refractivity contribution < 1.29 is 0 Å². The van der Waals surface area contributed by atoms with Crippen molar-refractivity contribution in [2.45, 2.75) is 13.3 Å². The number of nitrogens with zero attached hydrogens (tertiary/aromatic N) is 6. The van der Waals surface area contributed by atoms with Crippen LogP contribution in [0.5, 0.6) is 0 Å². The molecule has 0 N–H and O–H groups in total. The number of hydrogen-bond donors (Lipinski definition) is 0. The molecule has 0 saturated heterocycles. The molecule has 0 fully saturated rings. The monoisotopic (exact) mass is 248 g/mol. The molecule has 0 radical (unpaired) electrons. The van der Waals surface area contributed by atoms with Gasteiger partial charge in [-0.1, -0.05) is 23.7 Å². The van der Waals surface area contributed by atoms with Gasteiger partial charge in [0, 0.05) is 0 Å². The molecule has 0 atom stereocenters. The maximum absolute atomic E-state index is 5.86. The van der Waals surface area contributed by atoms with E-state index in [4.69, 9.17) is 11.6 Å². The van der Waals surface area contributed by atoms with Crippen molar-refractivity contribution in [2.75, 3.05) is 0 Å². The van der Waals surface area contributed by atoms with E-state index in [0.29, 0.717) is 5.15 Å². The SMILES string of the molecule is CCc1cn(-c2cnc3ccc(Cl)nn23)nn1. The molecule has 0 aliphatic carbocycles. The van der Waals surface area contributed by atoms with E-state index < -0.39 is 0 Å². The average Bonchev–Trinajstić information content (AvgIpc) is 2.93. The Morgan fingerprint density at radius 3 is 3.00 bits per heavy atom. The molecular formula is C10H9ClN6. The topological polar surface area (TPSA) is 60.9 Å². The fourth-order valence-corrected chi connectivity index (χ4v) is 1.71. The molecule has 86 valence electrons. The molecule has 0 saturated carbocycles. The Morgan fingerprint density at radius 2 is 2.24 bits per heavy atom. The Balaban J connectivity index is 2.19. The fourth-order valence-electron chi connectivity index (χ4n) is 1.57. The van der Waals surface area contributed by atoms with Crippen LogP contribution in [-0.4, -0.2) is 29.6 Å². The minimum absolute atomic E-state index is 0.410. The zero-order chi connectivity index (χ0) is 11.8. The average molecular weight is 249 g/mol. The number of fused-ring (bicyclic) bond motifs is 1. The van der Waals surface area contributed by atoms with Gasteiger partial charge in [0.2, 0.25) is 0 Å². The number of aromatic nitrogens is 6. The van der Waals surface area contributed by atoms with Crippen molar-refractivity contribution in [1.29, 1.82) is 0 Å². The molecule has 3 aromatic heterocycles. The molecule has 17 heavy (non-hydrogen) atoms. The highest BCUT2D eigenvalue weighted by Crippen LogP contribution is 2.12. The summed E-state index contributed by atoms with van der Waals surface area (Å²) in [6, 6.07) is 3.50. The van der Waals surface area contributed by atoms with Gasteiger partial charge < -0.3 is 0 Å². The first-order chi connectivity index (χ1) is 8.28. The van der Waals surface area contributed by atoms with Crippen molar-refractivity contribution in [1.82, 2.24) is 29.6 Å². The third-order valence-corrected chi connectivity index (χ3v) is 2.65. The summed E-state index contributed by atoms with van der Waals surface area (Å²) in [6.07, 6.45) is 4.38. The number of aryl methyl sites for hydroxylation is 1. The normalized spacial score (nSPS) is 11.2. The molecule has 0 spiro atoms. The van der Waals surface area contributed by atoms with Crippen LogP contribution in [0.3, 0.4) is 0 Å². The van der Waals surface area contributed by atoms with Gasteiger partial charge in [0.05, 0.1) is 18.1 Å². The predicted octanol–water partition coefficient (Wildman–Crippen LogP) is 1.53. The molecule has 0 amide bonds. The van der Waals surface area contributed by atoms with Gasteiger partial charge in [-0.25, -0.2) is 9.67 Å². The molecule has 0 unspecified atom stereocenters. The highest BCUT2D eigenvalue weighted by atomic mass is 35.5. The lowest BCUT2D eigenvalue weighted by Crippen LogP contribution is -2.02. The number of rotatable bonds is 2. The van der Waals surface area contributed by atoms with Crippen LogP contribution in [0.25, 0.3) is 11.5 Å².